The number of hydrogen-bond donors (Lipinski definition) is 0. The van der Waals surface area contributed by atoms with E-state index in [0.717, 1.165) is 16.3 Å². The summed E-state index contributed by atoms with van der Waals surface area (Å²) in [6, 6.07) is 2.03. The number of hydrogen-bond acceptors (Lipinski definition) is 7. The van der Waals surface area contributed by atoms with E-state index in [1.807, 2.05) is 16.8 Å². The third-order valence-electron chi connectivity index (χ3n) is 4.35. The van der Waals surface area contributed by atoms with Gasteiger partial charge in [-0.1, -0.05) is 0 Å². The van der Waals surface area contributed by atoms with Crippen molar-refractivity contribution in [2.75, 3.05) is 26.2 Å². The molecule has 7 nitrogen and oxygen atoms in total. The predicted molar refractivity (Wildman–Crippen MR) is 104 cm³/mol. The van der Waals surface area contributed by atoms with Gasteiger partial charge in [0.2, 0.25) is 5.91 Å². The summed E-state index contributed by atoms with van der Waals surface area (Å²) in [5.74, 6) is -0.0983. The highest BCUT2D eigenvalue weighted by molar-refractivity contribution is 7.14. The number of aromatic nitrogens is 3. The van der Waals surface area contributed by atoms with Crippen LogP contribution in [0.4, 0.5) is 0 Å². The minimum Gasteiger partial charge on any atom is -0.339 e. The zero-order valence-corrected chi connectivity index (χ0v) is 16.1. The number of thiophene rings is 1. The fraction of sp³-hybridized carbons (Fsp3) is 0.278. The Bertz CT molecular complexity index is 918. The van der Waals surface area contributed by atoms with Gasteiger partial charge in [0.05, 0.1) is 18.3 Å². The second kappa shape index (κ2) is 7.93. The minimum atomic E-state index is -0.143. The molecule has 9 heteroatoms. The first kappa shape index (κ1) is 17.7. The molecule has 0 unspecified atom stereocenters. The molecule has 3 aromatic rings. The van der Waals surface area contributed by atoms with Crippen LogP contribution in [0, 0.1) is 0 Å². The summed E-state index contributed by atoms with van der Waals surface area (Å²) in [6.45, 7) is 2.04. The van der Waals surface area contributed by atoms with E-state index in [2.05, 4.69) is 20.3 Å². The minimum absolute atomic E-state index is 0.0452. The Morgan fingerprint density at radius 3 is 2.59 bits per heavy atom. The Balaban J connectivity index is 1.32. The molecule has 3 aromatic heterocycles. The third kappa shape index (κ3) is 4.04. The molecule has 138 valence electrons. The summed E-state index contributed by atoms with van der Waals surface area (Å²) in [5, 5.41) is 6.96. The van der Waals surface area contributed by atoms with Gasteiger partial charge >= 0.3 is 0 Å². The molecule has 0 spiro atoms. The summed E-state index contributed by atoms with van der Waals surface area (Å²) < 4.78 is 0. The van der Waals surface area contributed by atoms with E-state index in [9.17, 15) is 9.59 Å². The average Bonchev–Trinajstić information content (AvgIpc) is 3.40. The molecule has 0 N–H and O–H groups in total. The summed E-state index contributed by atoms with van der Waals surface area (Å²) in [4.78, 5) is 41.0. The van der Waals surface area contributed by atoms with Gasteiger partial charge in [0.15, 0.2) is 0 Å². The van der Waals surface area contributed by atoms with Crippen LogP contribution in [-0.4, -0.2) is 62.7 Å². The molecule has 4 heterocycles. The van der Waals surface area contributed by atoms with Gasteiger partial charge in [0.25, 0.3) is 5.91 Å². The Kier molecular flexibility index (Phi) is 5.21. The SMILES string of the molecule is O=C(Cc1csc(-c2ccsc2)n1)N1CCN(C(=O)c2cnccn2)CC1. The second-order valence-corrected chi connectivity index (χ2v) is 7.73. The highest BCUT2D eigenvalue weighted by Gasteiger charge is 2.26. The van der Waals surface area contributed by atoms with Crippen LogP contribution in [0.15, 0.2) is 40.8 Å². The topological polar surface area (TPSA) is 79.3 Å². The van der Waals surface area contributed by atoms with E-state index in [4.69, 9.17) is 0 Å². The number of amides is 2. The fourth-order valence-corrected chi connectivity index (χ4v) is 4.44. The van der Waals surface area contributed by atoms with E-state index >= 15 is 0 Å². The van der Waals surface area contributed by atoms with Gasteiger partial charge < -0.3 is 9.80 Å². The number of carbonyl (C=O) groups excluding carboxylic acids is 2. The smallest absolute Gasteiger partial charge is 0.274 e. The zero-order valence-electron chi connectivity index (χ0n) is 14.4. The van der Waals surface area contributed by atoms with Crippen molar-refractivity contribution in [3.63, 3.8) is 0 Å². The van der Waals surface area contributed by atoms with Gasteiger partial charge in [-0.3, -0.25) is 14.6 Å². The van der Waals surface area contributed by atoms with Crippen LogP contribution >= 0.6 is 22.7 Å². The Morgan fingerprint density at radius 1 is 1.07 bits per heavy atom. The maximum atomic E-state index is 12.6. The van der Waals surface area contributed by atoms with Crippen LogP contribution in [-0.2, 0) is 11.2 Å². The lowest BCUT2D eigenvalue weighted by atomic mass is 10.2. The maximum absolute atomic E-state index is 12.6. The Morgan fingerprint density at radius 2 is 1.89 bits per heavy atom. The molecule has 0 aromatic carbocycles. The van der Waals surface area contributed by atoms with Crippen molar-refractivity contribution in [2.24, 2.45) is 0 Å². The average molecular weight is 400 g/mol. The molecule has 2 amide bonds. The lowest BCUT2D eigenvalue weighted by Gasteiger charge is -2.34. The number of nitrogens with zero attached hydrogens (tertiary/aromatic N) is 5. The van der Waals surface area contributed by atoms with Crippen molar-refractivity contribution in [1.82, 2.24) is 24.8 Å². The molecule has 0 radical (unpaired) electrons. The number of carbonyl (C=O) groups is 2. The Labute approximate surface area is 164 Å². The molecular weight excluding hydrogens is 382 g/mol. The maximum Gasteiger partial charge on any atom is 0.274 e. The first-order valence-corrected chi connectivity index (χ1v) is 10.3. The quantitative estimate of drug-likeness (QED) is 0.672. The molecule has 0 saturated carbocycles. The predicted octanol–water partition coefficient (Wildman–Crippen LogP) is 2.19. The molecule has 4 rings (SSSR count). The van der Waals surface area contributed by atoms with E-state index in [1.54, 1.807) is 32.5 Å². The summed E-state index contributed by atoms with van der Waals surface area (Å²) in [5.41, 5.74) is 2.23. The van der Waals surface area contributed by atoms with Gasteiger partial charge in [-0.15, -0.1) is 11.3 Å². The highest BCUT2D eigenvalue weighted by atomic mass is 32.1. The molecule has 1 saturated heterocycles. The van der Waals surface area contributed by atoms with Crippen molar-refractivity contribution in [2.45, 2.75) is 6.42 Å². The van der Waals surface area contributed by atoms with Gasteiger partial charge in [0.1, 0.15) is 10.7 Å². The molecule has 0 aliphatic carbocycles. The number of thiazole rings is 1. The van der Waals surface area contributed by atoms with Crippen LogP contribution in [0.1, 0.15) is 16.2 Å². The third-order valence-corrected chi connectivity index (χ3v) is 5.98. The lowest BCUT2D eigenvalue weighted by molar-refractivity contribution is -0.132. The summed E-state index contributed by atoms with van der Waals surface area (Å²) in [6.07, 6.45) is 4.80. The molecule has 1 aliphatic rings. The van der Waals surface area contributed by atoms with Crippen LogP contribution < -0.4 is 0 Å². The Hall–Kier alpha value is -2.65. The lowest BCUT2D eigenvalue weighted by Crippen LogP contribution is -2.51. The number of piperazine rings is 1. The van der Waals surface area contributed by atoms with Crippen LogP contribution in [0.3, 0.4) is 0 Å². The first-order valence-electron chi connectivity index (χ1n) is 8.51. The molecule has 1 fully saturated rings. The number of rotatable bonds is 4. The first-order chi connectivity index (χ1) is 13.2. The summed E-state index contributed by atoms with van der Waals surface area (Å²) >= 11 is 3.19. The van der Waals surface area contributed by atoms with Gasteiger partial charge in [-0.05, 0) is 11.4 Å². The molecule has 0 bridgehead atoms. The van der Waals surface area contributed by atoms with Gasteiger partial charge in [0, 0.05) is 54.9 Å². The molecule has 0 atom stereocenters. The normalized spacial score (nSPS) is 14.4. The molecular formula is C18H17N5O2S2. The van der Waals surface area contributed by atoms with E-state index in [1.165, 1.54) is 18.6 Å². The van der Waals surface area contributed by atoms with Crippen molar-refractivity contribution in [1.29, 1.82) is 0 Å². The molecule has 27 heavy (non-hydrogen) atoms. The van der Waals surface area contributed by atoms with E-state index < -0.39 is 0 Å². The monoisotopic (exact) mass is 399 g/mol. The van der Waals surface area contributed by atoms with Gasteiger partial charge in [-0.2, -0.15) is 11.3 Å². The zero-order chi connectivity index (χ0) is 18.6. The van der Waals surface area contributed by atoms with Gasteiger partial charge in [-0.25, -0.2) is 9.97 Å². The van der Waals surface area contributed by atoms with E-state index in [-0.39, 0.29) is 11.8 Å². The second-order valence-electron chi connectivity index (χ2n) is 6.10. The van der Waals surface area contributed by atoms with Crippen LogP contribution in [0.5, 0.6) is 0 Å². The van der Waals surface area contributed by atoms with Crippen molar-refractivity contribution in [3.05, 3.63) is 52.2 Å². The van der Waals surface area contributed by atoms with Crippen molar-refractivity contribution in [3.8, 4) is 10.6 Å². The van der Waals surface area contributed by atoms with Crippen LogP contribution in [0.25, 0.3) is 10.6 Å². The highest BCUT2D eigenvalue weighted by Crippen LogP contribution is 2.26. The molecule has 1 aliphatic heterocycles. The largest absolute Gasteiger partial charge is 0.339 e. The van der Waals surface area contributed by atoms with E-state index in [0.29, 0.717) is 38.3 Å². The van der Waals surface area contributed by atoms with Crippen molar-refractivity contribution < 1.29 is 9.59 Å². The summed E-state index contributed by atoms with van der Waals surface area (Å²) in [7, 11) is 0. The fourth-order valence-electron chi connectivity index (χ4n) is 2.90. The van der Waals surface area contributed by atoms with Crippen molar-refractivity contribution >= 4 is 34.5 Å². The van der Waals surface area contributed by atoms with Crippen LogP contribution in [0.2, 0.25) is 0 Å². The standard InChI is InChI=1S/C18H17N5O2S2/c24-16(9-14-12-27-17(21-14)13-1-8-26-11-13)22-4-6-23(7-5-22)18(25)15-10-19-2-3-20-15/h1-3,8,10-12H,4-7,9H2.